The molecule has 1 rings (SSSR count). The lowest BCUT2D eigenvalue weighted by Gasteiger charge is -2.14. The number of benzene rings is 1. The Morgan fingerprint density at radius 1 is 1.50 bits per heavy atom. The number of nitrogens with zero attached hydrogens (tertiary/aromatic N) is 2. The van der Waals surface area contributed by atoms with E-state index in [9.17, 15) is 10.1 Å². The predicted octanol–water partition coefficient (Wildman–Crippen LogP) is 2.40. The van der Waals surface area contributed by atoms with Gasteiger partial charge in [0.2, 0.25) is 0 Å². The van der Waals surface area contributed by atoms with Gasteiger partial charge in [0, 0.05) is 35.7 Å². The van der Waals surface area contributed by atoms with Crippen LogP contribution in [0.4, 0.5) is 5.69 Å². The Morgan fingerprint density at radius 3 is 2.83 bits per heavy atom. The quantitative estimate of drug-likeness (QED) is 0.477. The maximum atomic E-state index is 10.9. The first kappa shape index (κ1) is 15.1. The van der Waals surface area contributed by atoms with Crippen LogP contribution < -0.4 is 5.32 Å². The van der Waals surface area contributed by atoms with Gasteiger partial charge in [-0.25, -0.2) is 0 Å². The van der Waals surface area contributed by atoms with E-state index in [1.807, 2.05) is 7.05 Å². The molecule has 1 aromatic carbocycles. The van der Waals surface area contributed by atoms with Crippen molar-refractivity contribution in [1.82, 2.24) is 10.2 Å². The van der Waals surface area contributed by atoms with Gasteiger partial charge in [-0.15, -0.1) is 0 Å². The minimum atomic E-state index is -0.346. The molecule has 0 aliphatic rings. The second kappa shape index (κ2) is 7.45. The number of hydrogen-bond donors (Lipinski definition) is 1. The van der Waals surface area contributed by atoms with Gasteiger partial charge in [-0.3, -0.25) is 10.1 Å². The van der Waals surface area contributed by atoms with Crippen LogP contribution in [-0.2, 0) is 6.54 Å². The molecule has 0 radical (unpaired) electrons. The fourth-order valence-corrected chi connectivity index (χ4v) is 1.93. The summed E-state index contributed by atoms with van der Waals surface area (Å²) in [7, 11) is 2.04. The van der Waals surface area contributed by atoms with E-state index < -0.39 is 0 Å². The van der Waals surface area contributed by atoms with Crippen LogP contribution in [0.25, 0.3) is 0 Å². The number of hydrogen-bond acceptors (Lipinski definition) is 4. The fraction of sp³-hybridized carbons (Fsp3) is 0.500. The summed E-state index contributed by atoms with van der Waals surface area (Å²) >= 11 is 3.33. The number of nitrogens with one attached hydrogen (secondary N) is 1. The second-order valence-corrected chi connectivity index (χ2v) is 5.02. The zero-order chi connectivity index (χ0) is 13.5. The third kappa shape index (κ3) is 4.72. The van der Waals surface area contributed by atoms with Gasteiger partial charge in [0.1, 0.15) is 0 Å². The molecule has 100 valence electrons. The van der Waals surface area contributed by atoms with Crippen LogP contribution in [0, 0.1) is 10.1 Å². The van der Waals surface area contributed by atoms with E-state index in [1.165, 1.54) is 6.07 Å². The Bertz CT molecular complexity index is 412. The van der Waals surface area contributed by atoms with Crippen molar-refractivity contribution in [2.24, 2.45) is 0 Å². The summed E-state index contributed by atoms with van der Waals surface area (Å²) in [6.07, 6.45) is 0. The van der Waals surface area contributed by atoms with Crippen molar-refractivity contribution in [3.05, 3.63) is 38.3 Å². The van der Waals surface area contributed by atoms with Crippen LogP contribution >= 0.6 is 15.9 Å². The molecule has 0 spiro atoms. The van der Waals surface area contributed by atoms with Crippen molar-refractivity contribution in [3.8, 4) is 0 Å². The van der Waals surface area contributed by atoms with Crippen LogP contribution in [0.5, 0.6) is 0 Å². The highest BCUT2D eigenvalue weighted by atomic mass is 79.9. The summed E-state index contributed by atoms with van der Waals surface area (Å²) in [5.41, 5.74) is 0.864. The van der Waals surface area contributed by atoms with Gasteiger partial charge in [0.25, 0.3) is 5.69 Å². The van der Waals surface area contributed by atoms with Crippen LogP contribution in [0.1, 0.15) is 12.5 Å². The van der Waals surface area contributed by atoms with Crippen LogP contribution in [-0.4, -0.2) is 36.5 Å². The average Bonchev–Trinajstić information content (AvgIpc) is 2.34. The summed E-state index contributed by atoms with van der Waals surface area (Å²) in [6.45, 7) is 5.34. The van der Waals surface area contributed by atoms with Crippen molar-refractivity contribution in [3.63, 3.8) is 0 Å². The largest absolute Gasteiger partial charge is 0.311 e. The molecule has 1 N–H and O–H groups in total. The van der Waals surface area contributed by atoms with Crippen LogP contribution in [0.15, 0.2) is 22.7 Å². The zero-order valence-electron chi connectivity index (χ0n) is 10.6. The molecular formula is C12H18BrN3O2. The van der Waals surface area contributed by atoms with Crippen molar-refractivity contribution >= 4 is 21.6 Å². The molecule has 0 aliphatic heterocycles. The van der Waals surface area contributed by atoms with E-state index in [0.29, 0.717) is 12.1 Å². The molecule has 0 saturated carbocycles. The van der Waals surface area contributed by atoms with Gasteiger partial charge in [0.15, 0.2) is 0 Å². The van der Waals surface area contributed by atoms with Gasteiger partial charge < -0.3 is 10.2 Å². The monoisotopic (exact) mass is 315 g/mol. The smallest absolute Gasteiger partial charge is 0.273 e. The third-order valence-electron chi connectivity index (χ3n) is 2.76. The first-order valence-electron chi connectivity index (χ1n) is 5.86. The Balaban J connectivity index is 2.55. The standard InChI is InChI=1S/C12H18BrN3O2/c1-3-15(2)7-6-14-9-10-8-11(13)4-5-12(10)16(17)18/h4-5,8,14H,3,6-7,9H2,1-2H3. The Morgan fingerprint density at radius 2 is 2.22 bits per heavy atom. The predicted molar refractivity (Wildman–Crippen MR) is 75.7 cm³/mol. The Labute approximate surface area is 115 Å². The van der Waals surface area contributed by atoms with E-state index in [1.54, 1.807) is 12.1 Å². The highest BCUT2D eigenvalue weighted by Gasteiger charge is 2.12. The minimum absolute atomic E-state index is 0.162. The molecule has 0 unspecified atom stereocenters. The lowest BCUT2D eigenvalue weighted by Crippen LogP contribution is -2.28. The second-order valence-electron chi connectivity index (χ2n) is 4.10. The minimum Gasteiger partial charge on any atom is -0.311 e. The first-order chi connectivity index (χ1) is 8.54. The summed E-state index contributed by atoms with van der Waals surface area (Å²) in [6, 6.07) is 5.00. The SMILES string of the molecule is CCN(C)CCNCc1cc(Br)ccc1[N+](=O)[O-]. The number of nitro groups is 1. The molecule has 0 bridgehead atoms. The summed E-state index contributed by atoms with van der Waals surface area (Å²) in [4.78, 5) is 12.7. The van der Waals surface area contributed by atoms with Crippen molar-refractivity contribution < 1.29 is 4.92 Å². The molecule has 0 heterocycles. The number of rotatable bonds is 7. The highest BCUT2D eigenvalue weighted by Crippen LogP contribution is 2.22. The molecule has 5 nitrogen and oxygen atoms in total. The van der Waals surface area contributed by atoms with Crippen molar-refractivity contribution in [2.75, 3.05) is 26.7 Å². The van der Waals surface area contributed by atoms with Crippen LogP contribution in [0.3, 0.4) is 0 Å². The number of nitro benzene ring substituents is 1. The molecule has 0 fully saturated rings. The Kier molecular flexibility index (Phi) is 6.24. The van der Waals surface area contributed by atoms with E-state index >= 15 is 0 Å². The normalized spacial score (nSPS) is 10.9. The molecule has 0 aliphatic carbocycles. The van der Waals surface area contributed by atoms with Gasteiger partial charge in [-0.1, -0.05) is 22.9 Å². The van der Waals surface area contributed by atoms with E-state index in [0.717, 1.165) is 24.1 Å². The average molecular weight is 316 g/mol. The zero-order valence-corrected chi connectivity index (χ0v) is 12.2. The maximum absolute atomic E-state index is 10.9. The van der Waals surface area contributed by atoms with E-state index in [-0.39, 0.29) is 10.6 Å². The van der Waals surface area contributed by atoms with Gasteiger partial charge in [-0.2, -0.15) is 0 Å². The lowest BCUT2D eigenvalue weighted by atomic mass is 10.2. The van der Waals surface area contributed by atoms with E-state index in [4.69, 9.17) is 0 Å². The Hall–Kier alpha value is -0.980. The molecule has 0 aromatic heterocycles. The first-order valence-corrected chi connectivity index (χ1v) is 6.66. The molecule has 0 atom stereocenters. The van der Waals surface area contributed by atoms with Crippen molar-refractivity contribution in [1.29, 1.82) is 0 Å². The molecule has 0 amide bonds. The van der Waals surface area contributed by atoms with Crippen molar-refractivity contribution in [2.45, 2.75) is 13.5 Å². The fourth-order valence-electron chi connectivity index (χ4n) is 1.52. The molecule has 6 heteroatoms. The van der Waals surface area contributed by atoms with E-state index in [2.05, 4.69) is 33.1 Å². The summed E-state index contributed by atoms with van der Waals surface area (Å²) in [5.74, 6) is 0. The number of halogens is 1. The molecule has 1 aromatic rings. The third-order valence-corrected chi connectivity index (χ3v) is 3.26. The van der Waals surface area contributed by atoms with Crippen LogP contribution in [0.2, 0.25) is 0 Å². The summed E-state index contributed by atoms with van der Waals surface area (Å²) in [5, 5.41) is 14.1. The topological polar surface area (TPSA) is 58.4 Å². The summed E-state index contributed by atoms with van der Waals surface area (Å²) < 4.78 is 0.857. The maximum Gasteiger partial charge on any atom is 0.273 e. The molecule has 0 saturated heterocycles. The highest BCUT2D eigenvalue weighted by molar-refractivity contribution is 9.10. The van der Waals surface area contributed by atoms with Gasteiger partial charge in [-0.05, 0) is 25.7 Å². The van der Waals surface area contributed by atoms with Gasteiger partial charge >= 0.3 is 0 Å². The van der Waals surface area contributed by atoms with Gasteiger partial charge in [0.05, 0.1) is 4.92 Å². The lowest BCUT2D eigenvalue weighted by molar-refractivity contribution is -0.385. The number of likely N-dealkylation sites (N-methyl/N-ethyl adjacent to an activating group) is 1. The molecular weight excluding hydrogens is 298 g/mol. The molecule has 18 heavy (non-hydrogen) atoms.